The first kappa shape index (κ1) is 17.4. The van der Waals surface area contributed by atoms with E-state index in [1.807, 2.05) is 4.90 Å². The van der Waals surface area contributed by atoms with Crippen molar-refractivity contribution in [2.75, 3.05) is 19.6 Å². The zero-order valence-electron chi connectivity index (χ0n) is 14.3. The molecule has 0 radical (unpaired) electrons. The van der Waals surface area contributed by atoms with Gasteiger partial charge < -0.3 is 15.7 Å². The van der Waals surface area contributed by atoms with Crippen molar-refractivity contribution in [1.82, 2.24) is 9.80 Å². The third-order valence-corrected chi connectivity index (χ3v) is 5.70. The van der Waals surface area contributed by atoms with Gasteiger partial charge in [-0.15, -0.1) is 0 Å². The molecule has 2 amide bonds. The minimum Gasteiger partial charge on any atom is -0.392 e. The fourth-order valence-corrected chi connectivity index (χ4v) is 4.34. The lowest BCUT2D eigenvalue weighted by molar-refractivity contribution is -0.133. The van der Waals surface area contributed by atoms with Crippen molar-refractivity contribution in [1.29, 1.82) is 0 Å². The lowest BCUT2D eigenvalue weighted by atomic mass is 9.96. The fourth-order valence-electron chi connectivity index (χ4n) is 4.34. The number of hydrogen-bond donors (Lipinski definition) is 2. The van der Waals surface area contributed by atoms with Crippen LogP contribution < -0.4 is 5.73 Å². The highest BCUT2D eigenvalue weighted by molar-refractivity contribution is 5.80. The van der Waals surface area contributed by atoms with Gasteiger partial charge in [-0.2, -0.15) is 0 Å². The molecule has 0 aromatic heterocycles. The third-order valence-electron chi connectivity index (χ3n) is 5.70. The maximum atomic E-state index is 12.5. The molecule has 0 saturated carbocycles. The number of amides is 2. The Morgan fingerprint density at radius 1 is 1.25 bits per heavy atom. The van der Waals surface area contributed by atoms with Gasteiger partial charge in [0.25, 0.3) is 0 Å². The van der Waals surface area contributed by atoms with Gasteiger partial charge in [0.1, 0.15) is 0 Å². The zero-order valence-corrected chi connectivity index (χ0v) is 14.3. The Morgan fingerprint density at radius 2 is 2.00 bits per heavy atom. The molecule has 134 valence electrons. The molecule has 2 atom stereocenters. The fraction of sp³-hybridized carbons (Fsp3) is 0.778. The second kappa shape index (κ2) is 7.66. The highest BCUT2D eigenvalue weighted by atomic mass is 16.3. The molecular formula is C18H29N3O3. The van der Waals surface area contributed by atoms with E-state index in [0.29, 0.717) is 19.4 Å². The minimum absolute atomic E-state index is 0.231. The summed E-state index contributed by atoms with van der Waals surface area (Å²) in [6.45, 7) is 1.98. The molecule has 3 aliphatic rings. The van der Waals surface area contributed by atoms with Crippen LogP contribution in [0.4, 0.5) is 0 Å². The van der Waals surface area contributed by atoms with Crippen LogP contribution in [0.5, 0.6) is 0 Å². The summed E-state index contributed by atoms with van der Waals surface area (Å²) in [6, 6.07) is -0.128. The summed E-state index contributed by atoms with van der Waals surface area (Å²) < 4.78 is 0. The Bertz CT molecular complexity index is 512. The van der Waals surface area contributed by atoms with Crippen LogP contribution in [0.2, 0.25) is 0 Å². The Balaban J connectivity index is 1.51. The lowest BCUT2D eigenvalue weighted by Crippen LogP contribution is -2.51. The molecular weight excluding hydrogens is 306 g/mol. The van der Waals surface area contributed by atoms with E-state index in [1.54, 1.807) is 0 Å². The number of rotatable bonds is 4. The van der Waals surface area contributed by atoms with Gasteiger partial charge in [-0.05, 0) is 44.9 Å². The summed E-state index contributed by atoms with van der Waals surface area (Å²) in [5, 5.41) is 9.85. The molecule has 0 unspecified atom stereocenters. The van der Waals surface area contributed by atoms with Gasteiger partial charge >= 0.3 is 0 Å². The molecule has 3 N–H and O–H groups in total. The van der Waals surface area contributed by atoms with Gasteiger partial charge in [0.05, 0.1) is 12.1 Å². The second-order valence-electron chi connectivity index (χ2n) is 7.40. The molecule has 0 spiro atoms. The molecule has 2 aliphatic heterocycles. The summed E-state index contributed by atoms with van der Waals surface area (Å²) in [6.07, 6.45) is 9.07. The zero-order chi connectivity index (χ0) is 17.1. The number of piperidine rings is 1. The molecule has 0 bridgehead atoms. The van der Waals surface area contributed by atoms with Crippen LogP contribution in [0.1, 0.15) is 51.4 Å². The number of likely N-dealkylation sites (tertiary alicyclic amines) is 2. The molecule has 3 rings (SSSR count). The van der Waals surface area contributed by atoms with E-state index >= 15 is 0 Å². The van der Waals surface area contributed by atoms with Gasteiger partial charge in [-0.25, -0.2) is 0 Å². The largest absolute Gasteiger partial charge is 0.392 e. The van der Waals surface area contributed by atoms with E-state index in [0.717, 1.165) is 38.8 Å². The Hall–Kier alpha value is -1.40. The number of carbonyl (C=O) groups is 2. The number of aliphatic hydroxyl groups excluding tert-OH is 1. The van der Waals surface area contributed by atoms with Crippen molar-refractivity contribution < 1.29 is 14.7 Å². The number of nitrogens with zero attached hydrogens (tertiary/aromatic N) is 2. The van der Waals surface area contributed by atoms with Crippen LogP contribution in [0.3, 0.4) is 0 Å². The van der Waals surface area contributed by atoms with Crippen molar-refractivity contribution in [3.8, 4) is 0 Å². The van der Waals surface area contributed by atoms with Gasteiger partial charge in [-0.3, -0.25) is 14.5 Å². The summed E-state index contributed by atoms with van der Waals surface area (Å²) in [7, 11) is 0. The van der Waals surface area contributed by atoms with E-state index in [4.69, 9.17) is 5.73 Å². The number of primary amides is 1. The van der Waals surface area contributed by atoms with Gasteiger partial charge in [0, 0.05) is 32.1 Å². The summed E-state index contributed by atoms with van der Waals surface area (Å²) in [4.78, 5) is 28.1. The average molecular weight is 335 g/mol. The maximum Gasteiger partial charge on any atom is 0.234 e. The highest BCUT2D eigenvalue weighted by Gasteiger charge is 2.40. The number of carbonyl (C=O) groups excluding carboxylic acids is 2. The average Bonchev–Trinajstić information content (AvgIpc) is 2.98. The first-order valence-corrected chi connectivity index (χ1v) is 9.23. The first-order chi connectivity index (χ1) is 11.5. The van der Waals surface area contributed by atoms with E-state index in [1.165, 1.54) is 18.4 Å². The Labute approximate surface area is 143 Å². The Morgan fingerprint density at radius 3 is 2.62 bits per heavy atom. The van der Waals surface area contributed by atoms with Crippen molar-refractivity contribution in [2.45, 2.75) is 69.6 Å². The number of hydrogen-bond acceptors (Lipinski definition) is 4. The predicted molar refractivity (Wildman–Crippen MR) is 91.1 cm³/mol. The van der Waals surface area contributed by atoms with E-state index in [-0.39, 0.29) is 23.9 Å². The van der Waals surface area contributed by atoms with Crippen LogP contribution in [0, 0.1) is 0 Å². The van der Waals surface area contributed by atoms with Crippen molar-refractivity contribution in [2.24, 2.45) is 5.73 Å². The number of allylic oxidation sites excluding steroid dienone is 1. The maximum absolute atomic E-state index is 12.5. The monoisotopic (exact) mass is 335 g/mol. The molecule has 2 heterocycles. The van der Waals surface area contributed by atoms with Gasteiger partial charge in [0.2, 0.25) is 11.8 Å². The third kappa shape index (κ3) is 3.98. The summed E-state index contributed by atoms with van der Waals surface area (Å²) in [5.74, 6) is -0.121. The van der Waals surface area contributed by atoms with Crippen LogP contribution in [-0.4, -0.2) is 64.5 Å². The normalized spacial score (nSPS) is 29.5. The smallest absolute Gasteiger partial charge is 0.234 e. The molecule has 1 aliphatic carbocycles. The van der Waals surface area contributed by atoms with Crippen LogP contribution >= 0.6 is 0 Å². The number of nitrogens with two attached hydrogens (primary N) is 1. The summed E-state index contributed by atoms with van der Waals surface area (Å²) in [5.41, 5.74) is 6.77. The SMILES string of the molecule is NC(=O)[C@@H]1C[C@@H](O)CN1C1CCN(C(=O)CC2=CCCCC2)CC1. The van der Waals surface area contributed by atoms with Gasteiger partial charge in [-0.1, -0.05) is 11.6 Å². The van der Waals surface area contributed by atoms with Crippen molar-refractivity contribution in [3.05, 3.63) is 11.6 Å². The quantitative estimate of drug-likeness (QED) is 0.744. The lowest BCUT2D eigenvalue weighted by Gasteiger charge is -2.38. The number of aliphatic hydroxyl groups is 1. The van der Waals surface area contributed by atoms with Crippen molar-refractivity contribution >= 4 is 11.8 Å². The molecule has 6 heteroatoms. The molecule has 0 aromatic carbocycles. The standard InChI is InChI=1S/C18H29N3O3/c19-18(24)16-11-15(22)12-21(16)14-6-8-20(9-7-14)17(23)10-13-4-2-1-3-5-13/h4,14-16,22H,1-3,5-12H2,(H2,19,24)/t15-,16+/m1/s1. The molecule has 2 fully saturated rings. The Kier molecular flexibility index (Phi) is 5.56. The molecule has 2 saturated heterocycles. The van der Waals surface area contributed by atoms with E-state index < -0.39 is 6.10 Å². The van der Waals surface area contributed by atoms with Crippen LogP contribution in [0.15, 0.2) is 11.6 Å². The summed E-state index contributed by atoms with van der Waals surface area (Å²) >= 11 is 0. The van der Waals surface area contributed by atoms with Crippen molar-refractivity contribution in [3.63, 3.8) is 0 Å². The van der Waals surface area contributed by atoms with Crippen LogP contribution in [-0.2, 0) is 9.59 Å². The second-order valence-corrected chi connectivity index (χ2v) is 7.40. The van der Waals surface area contributed by atoms with Crippen LogP contribution in [0.25, 0.3) is 0 Å². The minimum atomic E-state index is -0.472. The topological polar surface area (TPSA) is 86.9 Å². The van der Waals surface area contributed by atoms with Gasteiger partial charge in [0.15, 0.2) is 0 Å². The first-order valence-electron chi connectivity index (χ1n) is 9.23. The van der Waals surface area contributed by atoms with E-state index in [2.05, 4.69) is 11.0 Å². The molecule has 24 heavy (non-hydrogen) atoms. The molecule has 6 nitrogen and oxygen atoms in total. The highest BCUT2D eigenvalue weighted by Crippen LogP contribution is 2.27. The van der Waals surface area contributed by atoms with E-state index in [9.17, 15) is 14.7 Å². The molecule has 0 aromatic rings. The number of β-amino-alcohol motifs (C(OH)–C–C–N with tert-alkyl or cyclic N) is 1. The predicted octanol–water partition coefficient (Wildman–Crippen LogP) is 0.788.